The Kier molecular flexibility index (Phi) is 7.24. The highest BCUT2D eigenvalue weighted by Crippen LogP contribution is 1.82. The van der Waals surface area contributed by atoms with Crippen LogP contribution in [0.5, 0.6) is 0 Å². The Balaban J connectivity index is 3.16. The summed E-state index contributed by atoms with van der Waals surface area (Å²) in [6.07, 6.45) is 2.63. The molecule has 3 N–H and O–H groups in total. The summed E-state index contributed by atoms with van der Waals surface area (Å²) in [5, 5.41) is 2.64. The molecule has 1 atom stereocenters. The second-order valence-corrected chi connectivity index (χ2v) is 2.77. The molecule has 76 valence electrons. The first-order valence-electron chi connectivity index (χ1n) is 4.40. The largest absolute Gasteiger partial charge is 0.379 e. The monoisotopic (exact) mass is 186 g/mol. The zero-order valence-electron chi connectivity index (χ0n) is 8.08. The van der Waals surface area contributed by atoms with Gasteiger partial charge in [0.1, 0.15) is 0 Å². The molecule has 0 aliphatic heterocycles. The van der Waals surface area contributed by atoms with Crippen LogP contribution in [0.25, 0.3) is 0 Å². The first-order chi connectivity index (χ1) is 6.18. The molecule has 0 saturated carbocycles. The van der Waals surface area contributed by atoms with Crippen molar-refractivity contribution >= 4 is 5.91 Å². The van der Waals surface area contributed by atoms with Gasteiger partial charge in [0, 0.05) is 6.54 Å². The molecule has 0 aliphatic carbocycles. The van der Waals surface area contributed by atoms with Crippen molar-refractivity contribution in [2.24, 2.45) is 5.73 Å². The number of carbonyl (C=O) groups is 1. The molecular formula is C9H18N2O2. The molecule has 0 saturated heterocycles. The van der Waals surface area contributed by atoms with Gasteiger partial charge in [0.25, 0.3) is 0 Å². The maximum absolute atomic E-state index is 10.9. The Hall–Kier alpha value is -0.870. The van der Waals surface area contributed by atoms with Crippen LogP contribution in [0.2, 0.25) is 0 Å². The number of amides is 1. The highest BCUT2D eigenvalue weighted by atomic mass is 16.5. The molecule has 0 aromatic carbocycles. The van der Waals surface area contributed by atoms with Crippen LogP contribution in [-0.4, -0.2) is 31.7 Å². The first kappa shape index (κ1) is 12.1. The van der Waals surface area contributed by atoms with Gasteiger partial charge in [-0.1, -0.05) is 6.08 Å². The molecule has 13 heavy (non-hydrogen) atoms. The Morgan fingerprint density at radius 3 is 2.92 bits per heavy atom. The third-order valence-corrected chi connectivity index (χ3v) is 1.43. The average molecular weight is 186 g/mol. The van der Waals surface area contributed by atoms with Gasteiger partial charge in [0.2, 0.25) is 5.91 Å². The van der Waals surface area contributed by atoms with E-state index in [-0.39, 0.29) is 5.91 Å². The summed E-state index contributed by atoms with van der Waals surface area (Å²) < 4.78 is 5.18. The SMILES string of the molecule is C=CCCOCCNC(=O)[C@@H](C)N. The number of carbonyl (C=O) groups excluding carboxylic acids is 1. The summed E-state index contributed by atoms with van der Waals surface area (Å²) in [6.45, 7) is 6.89. The van der Waals surface area contributed by atoms with Crippen molar-refractivity contribution < 1.29 is 9.53 Å². The zero-order valence-corrected chi connectivity index (χ0v) is 8.08. The van der Waals surface area contributed by atoms with E-state index < -0.39 is 6.04 Å². The lowest BCUT2D eigenvalue weighted by molar-refractivity contribution is -0.122. The van der Waals surface area contributed by atoms with E-state index in [1.807, 2.05) is 0 Å². The van der Waals surface area contributed by atoms with Gasteiger partial charge in [-0.05, 0) is 13.3 Å². The Morgan fingerprint density at radius 2 is 2.38 bits per heavy atom. The number of nitrogens with one attached hydrogen (secondary N) is 1. The minimum Gasteiger partial charge on any atom is -0.379 e. The average Bonchev–Trinajstić information content (AvgIpc) is 2.10. The minimum absolute atomic E-state index is 0.146. The molecule has 0 aromatic rings. The van der Waals surface area contributed by atoms with Crippen molar-refractivity contribution in [3.8, 4) is 0 Å². The lowest BCUT2D eigenvalue weighted by atomic mass is 10.3. The van der Waals surface area contributed by atoms with E-state index in [0.717, 1.165) is 6.42 Å². The van der Waals surface area contributed by atoms with Gasteiger partial charge in [-0.2, -0.15) is 0 Å². The van der Waals surface area contributed by atoms with E-state index in [2.05, 4.69) is 11.9 Å². The molecule has 0 aromatic heterocycles. The van der Waals surface area contributed by atoms with Crippen LogP contribution in [0.3, 0.4) is 0 Å². The summed E-state index contributed by atoms with van der Waals surface area (Å²) in [7, 11) is 0. The van der Waals surface area contributed by atoms with Crippen LogP contribution in [0.4, 0.5) is 0 Å². The van der Waals surface area contributed by atoms with Crippen molar-refractivity contribution in [2.45, 2.75) is 19.4 Å². The van der Waals surface area contributed by atoms with Crippen molar-refractivity contribution in [1.82, 2.24) is 5.32 Å². The van der Waals surface area contributed by atoms with E-state index in [0.29, 0.717) is 19.8 Å². The topological polar surface area (TPSA) is 64.3 Å². The lowest BCUT2D eigenvalue weighted by Crippen LogP contribution is -2.39. The molecule has 4 heteroatoms. The van der Waals surface area contributed by atoms with E-state index in [1.54, 1.807) is 13.0 Å². The van der Waals surface area contributed by atoms with Crippen LogP contribution in [-0.2, 0) is 9.53 Å². The van der Waals surface area contributed by atoms with Crippen molar-refractivity contribution in [2.75, 3.05) is 19.8 Å². The van der Waals surface area contributed by atoms with Crippen LogP contribution in [0.1, 0.15) is 13.3 Å². The predicted octanol–water partition coefficient (Wildman–Crippen LogP) is 0.0425. The van der Waals surface area contributed by atoms with Gasteiger partial charge < -0.3 is 15.8 Å². The zero-order chi connectivity index (χ0) is 10.1. The Bertz CT molecular complexity index is 158. The number of nitrogens with two attached hydrogens (primary N) is 1. The highest BCUT2D eigenvalue weighted by Gasteiger charge is 2.04. The van der Waals surface area contributed by atoms with E-state index >= 15 is 0 Å². The fourth-order valence-corrected chi connectivity index (χ4v) is 0.676. The van der Waals surface area contributed by atoms with E-state index in [9.17, 15) is 4.79 Å². The summed E-state index contributed by atoms with van der Waals surface area (Å²) in [5.74, 6) is -0.146. The lowest BCUT2D eigenvalue weighted by Gasteiger charge is -2.07. The smallest absolute Gasteiger partial charge is 0.236 e. The Morgan fingerprint density at radius 1 is 1.69 bits per heavy atom. The van der Waals surface area contributed by atoms with Gasteiger partial charge in [-0.3, -0.25) is 4.79 Å². The fraction of sp³-hybridized carbons (Fsp3) is 0.667. The van der Waals surface area contributed by atoms with Crippen LogP contribution in [0, 0.1) is 0 Å². The third kappa shape index (κ3) is 7.49. The molecule has 0 unspecified atom stereocenters. The summed E-state index contributed by atoms with van der Waals surface area (Å²) in [4.78, 5) is 10.9. The highest BCUT2D eigenvalue weighted by molar-refractivity contribution is 5.80. The quantitative estimate of drug-likeness (QED) is 0.436. The normalized spacial score (nSPS) is 12.2. The first-order valence-corrected chi connectivity index (χ1v) is 4.40. The molecule has 0 rings (SSSR count). The predicted molar refractivity (Wildman–Crippen MR) is 52.3 cm³/mol. The van der Waals surface area contributed by atoms with Crippen molar-refractivity contribution in [3.63, 3.8) is 0 Å². The van der Waals surface area contributed by atoms with Crippen molar-refractivity contribution in [3.05, 3.63) is 12.7 Å². The summed E-state index contributed by atoms with van der Waals surface area (Å²) in [6, 6.07) is -0.451. The second kappa shape index (κ2) is 7.76. The summed E-state index contributed by atoms with van der Waals surface area (Å²) >= 11 is 0. The van der Waals surface area contributed by atoms with Gasteiger partial charge in [0.15, 0.2) is 0 Å². The van der Waals surface area contributed by atoms with Crippen molar-refractivity contribution in [1.29, 1.82) is 0 Å². The second-order valence-electron chi connectivity index (χ2n) is 2.77. The minimum atomic E-state index is -0.451. The molecule has 0 bridgehead atoms. The van der Waals surface area contributed by atoms with E-state index in [4.69, 9.17) is 10.5 Å². The summed E-state index contributed by atoms with van der Waals surface area (Å²) in [5.41, 5.74) is 5.33. The molecule has 0 spiro atoms. The molecular weight excluding hydrogens is 168 g/mol. The molecule has 1 amide bonds. The van der Waals surface area contributed by atoms with Gasteiger partial charge in [0.05, 0.1) is 19.3 Å². The number of ether oxygens (including phenoxy) is 1. The van der Waals surface area contributed by atoms with Gasteiger partial charge in [-0.15, -0.1) is 6.58 Å². The maximum Gasteiger partial charge on any atom is 0.236 e. The molecule has 4 nitrogen and oxygen atoms in total. The van der Waals surface area contributed by atoms with E-state index in [1.165, 1.54) is 0 Å². The maximum atomic E-state index is 10.9. The molecule has 0 fully saturated rings. The molecule has 0 heterocycles. The molecule has 0 radical (unpaired) electrons. The number of hydrogen-bond donors (Lipinski definition) is 2. The fourth-order valence-electron chi connectivity index (χ4n) is 0.676. The Labute approximate surface area is 79.1 Å². The van der Waals surface area contributed by atoms with Crippen LogP contribution < -0.4 is 11.1 Å². The van der Waals surface area contributed by atoms with Gasteiger partial charge in [-0.25, -0.2) is 0 Å². The number of rotatable bonds is 7. The third-order valence-electron chi connectivity index (χ3n) is 1.43. The van der Waals surface area contributed by atoms with Crippen LogP contribution in [0.15, 0.2) is 12.7 Å². The standard InChI is InChI=1S/C9H18N2O2/c1-3-4-6-13-7-5-11-9(12)8(2)10/h3,8H,1,4-7,10H2,2H3,(H,11,12)/t8-/m1/s1. The number of hydrogen-bond acceptors (Lipinski definition) is 3. The van der Waals surface area contributed by atoms with Crippen LogP contribution >= 0.6 is 0 Å². The molecule has 0 aliphatic rings. The van der Waals surface area contributed by atoms with Gasteiger partial charge >= 0.3 is 0 Å².